The summed E-state index contributed by atoms with van der Waals surface area (Å²) in [6.07, 6.45) is 0. The second-order valence-electron chi connectivity index (χ2n) is 4.81. The van der Waals surface area contributed by atoms with Crippen LogP contribution in [-0.4, -0.2) is 20.2 Å². The SMILES string of the molecule is Cc1ccc(NC(=O)C(=O)NNS(=O)(=O)c2ccccc2F)cc1. The number of hydrogen-bond donors (Lipinski definition) is 3. The van der Waals surface area contributed by atoms with Crippen LogP contribution in [0.1, 0.15) is 5.56 Å². The maximum Gasteiger partial charge on any atom is 0.324 e. The van der Waals surface area contributed by atoms with Gasteiger partial charge in [-0.3, -0.25) is 15.0 Å². The summed E-state index contributed by atoms with van der Waals surface area (Å²) in [6.45, 7) is 1.86. The number of carbonyl (C=O) groups excluding carboxylic acids is 2. The third kappa shape index (κ3) is 4.37. The standard InChI is InChI=1S/C15H14FN3O4S/c1-10-6-8-11(9-7-10)17-14(20)15(21)18-19-24(22,23)13-5-3-2-4-12(13)16/h2-9,19H,1H3,(H,17,20)(H,18,21). The van der Waals surface area contributed by atoms with Gasteiger partial charge in [-0.15, -0.1) is 4.83 Å². The van der Waals surface area contributed by atoms with Gasteiger partial charge in [-0.25, -0.2) is 12.8 Å². The number of amides is 2. The van der Waals surface area contributed by atoms with Crippen LogP contribution in [0.4, 0.5) is 10.1 Å². The van der Waals surface area contributed by atoms with Gasteiger partial charge in [0.1, 0.15) is 10.7 Å². The van der Waals surface area contributed by atoms with Crippen molar-refractivity contribution in [2.24, 2.45) is 0 Å². The highest BCUT2D eigenvalue weighted by Crippen LogP contribution is 2.12. The van der Waals surface area contributed by atoms with Crippen LogP contribution in [0.5, 0.6) is 0 Å². The molecule has 0 aliphatic heterocycles. The number of hydrazine groups is 1. The van der Waals surface area contributed by atoms with E-state index in [1.165, 1.54) is 12.1 Å². The lowest BCUT2D eigenvalue weighted by Gasteiger charge is -2.09. The van der Waals surface area contributed by atoms with Crippen molar-refractivity contribution in [2.75, 3.05) is 5.32 Å². The Morgan fingerprint density at radius 2 is 1.58 bits per heavy atom. The van der Waals surface area contributed by atoms with E-state index in [0.29, 0.717) is 5.69 Å². The van der Waals surface area contributed by atoms with E-state index < -0.39 is 32.6 Å². The Kier molecular flexibility index (Phi) is 5.27. The Morgan fingerprint density at radius 3 is 2.21 bits per heavy atom. The zero-order chi connectivity index (χ0) is 17.7. The molecule has 2 aromatic carbocycles. The Hall–Kier alpha value is -2.78. The monoisotopic (exact) mass is 351 g/mol. The highest BCUT2D eigenvalue weighted by atomic mass is 32.2. The maximum absolute atomic E-state index is 13.5. The number of hydrogen-bond acceptors (Lipinski definition) is 4. The van der Waals surface area contributed by atoms with Gasteiger partial charge in [0.2, 0.25) is 0 Å². The van der Waals surface area contributed by atoms with Gasteiger partial charge in [0.25, 0.3) is 10.0 Å². The Labute approximate surface area is 137 Å². The molecule has 24 heavy (non-hydrogen) atoms. The van der Waals surface area contributed by atoms with Crippen molar-refractivity contribution < 1.29 is 22.4 Å². The summed E-state index contributed by atoms with van der Waals surface area (Å²) in [5.41, 5.74) is 3.06. The van der Waals surface area contributed by atoms with Crippen molar-refractivity contribution in [1.29, 1.82) is 0 Å². The molecule has 9 heteroatoms. The molecule has 0 bridgehead atoms. The predicted molar refractivity (Wildman–Crippen MR) is 84.7 cm³/mol. The average Bonchev–Trinajstić information content (AvgIpc) is 2.55. The minimum atomic E-state index is -4.33. The molecule has 7 nitrogen and oxygen atoms in total. The number of sulfonamides is 1. The van der Waals surface area contributed by atoms with Crippen molar-refractivity contribution in [1.82, 2.24) is 10.3 Å². The molecule has 0 aliphatic rings. The second-order valence-corrected chi connectivity index (χ2v) is 6.46. The minimum absolute atomic E-state index is 0.373. The number of benzene rings is 2. The quantitative estimate of drug-likeness (QED) is 0.566. The van der Waals surface area contributed by atoms with Gasteiger partial charge in [-0.1, -0.05) is 29.8 Å². The first kappa shape index (κ1) is 17.6. The fraction of sp³-hybridized carbons (Fsp3) is 0.0667. The smallest absolute Gasteiger partial charge is 0.318 e. The summed E-state index contributed by atoms with van der Waals surface area (Å²) in [4.78, 5) is 24.3. The lowest BCUT2D eigenvalue weighted by Crippen LogP contribution is -2.46. The normalized spacial score (nSPS) is 10.9. The summed E-state index contributed by atoms with van der Waals surface area (Å²) in [6, 6.07) is 11.3. The van der Waals surface area contributed by atoms with Crippen LogP contribution in [-0.2, 0) is 19.6 Å². The lowest BCUT2D eigenvalue weighted by atomic mass is 10.2. The van der Waals surface area contributed by atoms with Crippen LogP contribution < -0.4 is 15.6 Å². The van der Waals surface area contributed by atoms with E-state index in [1.807, 2.05) is 6.92 Å². The van der Waals surface area contributed by atoms with Crippen molar-refractivity contribution in [3.8, 4) is 0 Å². The molecule has 0 saturated heterocycles. The van der Waals surface area contributed by atoms with Gasteiger partial charge in [-0.05, 0) is 31.2 Å². The number of anilines is 1. The third-order valence-corrected chi connectivity index (χ3v) is 4.22. The van der Waals surface area contributed by atoms with Gasteiger partial charge in [0, 0.05) is 5.69 Å². The molecule has 3 N–H and O–H groups in total. The van der Waals surface area contributed by atoms with Crippen LogP contribution >= 0.6 is 0 Å². The highest BCUT2D eigenvalue weighted by molar-refractivity contribution is 7.89. The molecule has 0 unspecified atom stereocenters. The fourth-order valence-electron chi connectivity index (χ4n) is 1.71. The van der Waals surface area contributed by atoms with Gasteiger partial charge in [0.05, 0.1) is 0 Å². The topological polar surface area (TPSA) is 104 Å². The summed E-state index contributed by atoms with van der Waals surface area (Å²) >= 11 is 0. The van der Waals surface area contributed by atoms with Crippen LogP contribution in [0.25, 0.3) is 0 Å². The lowest BCUT2D eigenvalue weighted by molar-refractivity contribution is -0.136. The summed E-state index contributed by atoms with van der Waals surface area (Å²) in [5.74, 6) is -3.30. The molecule has 0 saturated carbocycles. The number of aryl methyl sites for hydroxylation is 1. The van der Waals surface area contributed by atoms with Crippen molar-refractivity contribution in [3.63, 3.8) is 0 Å². The van der Waals surface area contributed by atoms with E-state index in [4.69, 9.17) is 0 Å². The van der Waals surface area contributed by atoms with Gasteiger partial charge >= 0.3 is 11.8 Å². The summed E-state index contributed by atoms with van der Waals surface area (Å²) < 4.78 is 37.2. The molecule has 126 valence electrons. The Morgan fingerprint density at radius 1 is 0.958 bits per heavy atom. The Balaban J connectivity index is 1.98. The molecule has 0 spiro atoms. The molecule has 2 rings (SSSR count). The van der Waals surface area contributed by atoms with E-state index in [9.17, 15) is 22.4 Å². The summed E-state index contributed by atoms with van der Waals surface area (Å²) in [7, 11) is -4.33. The molecular weight excluding hydrogens is 337 g/mol. The number of halogens is 1. The molecule has 0 aliphatic carbocycles. The molecular formula is C15H14FN3O4S. The molecule has 2 aromatic rings. The van der Waals surface area contributed by atoms with Gasteiger partial charge in [-0.2, -0.15) is 0 Å². The van der Waals surface area contributed by atoms with Gasteiger partial charge in [0.15, 0.2) is 0 Å². The number of nitrogens with one attached hydrogen (secondary N) is 3. The first-order valence-corrected chi connectivity index (χ1v) is 8.22. The zero-order valence-electron chi connectivity index (χ0n) is 12.5. The van der Waals surface area contributed by atoms with Gasteiger partial charge < -0.3 is 5.32 Å². The zero-order valence-corrected chi connectivity index (χ0v) is 13.4. The van der Waals surface area contributed by atoms with Crippen molar-refractivity contribution in [2.45, 2.75) is 11.8 Å². The van der Waals surface area contributed by atoms with E-state index in [0.717, 1.165) is 17.7 Å². The first-order valence-electron chi connectivity index (χ1n) is 6.74. The van der Waals surface area contributed by atoms with Crippen LogP contribution in [0.3, 0.4) is 0 Å². The van der Waals surface area contributed by atoms with E-state index in [1.54, 1.807) is 34.5 Å². The fourth-order valence-corrected chi connectivity index (χ4v) is 2.63. The van der Waals surface area contributed by atoms with E-state index in [-0.39, 0.29) is 0 Å². The van der Waals surface area contributed by atoms with Crippen LogP contribution in [0, 0.1) is 12.7 Å². The minimum Gasteiger partial charge on any atom is -0.318 e. The van der Waals surface area contributed by atoms with Crippen LogP contribution in [0.2, 0.25) is 0 Å². The van der Waals surface area contributed by atoms with E-state index in [2.05, 4.69) is 5.32 Å². The third-order valence-electron chi connectivity index (χ3n) is 2.94. The maximum atomic E-state index is 13.5. The predicted octanol–water partition coefficient (Wildman–Crippen LogP) is 1.08. The highest BCUT2D eigenvalue weighted by Gasteiger charge is 2.21. The Bertz CT molecular complexity index is 867. The number of rotatable bonds is 4. The van der Waals surface area contributed by atoms with Crippen molar-refractivity contribution in [3.05, 3.63) is 59.9 Å². The number of carbonyl (C=O) groups is 2. The molecule has 0 aromatic heterocycles. The first-order chi connectivity index (χ1) is 11.3. The largest absolute Gasteiger partial charge is 0.324 e. The van der Waals surface area contributed by atoms with E-state index >= 15 is 0 Å². The second kappa shape index (κ2) is 7.20. The van der Waals surface area contributed by atoms with Crippen LogP contribution in [0.15, 0.2) is 53.4 Å². The summed E-state index contributed by atoms with van der Waals surface area (Å²) in [5, 5.41) is 2.30. The molecule has 0 radical (unpaired) electrons. The molecule has 0 atom stereocenters. The molecule has 2 amide bonds. The average molecular weight is 351 g/mol. The van der Waals surface area contributed by atoms with Crippen molar-refractivity contribution >= 4 is 27.5 Å². The molecule has 0 fully saturated rings. The molecule has 0 heterocycles.